The van der Waals surface area contributed by atoms with Gasteiger partial charge in [0, 0.05) is 36.3 Å². The number of benzene rings is 2. The number of likely N-dealkylation sites (tertiary alicyclic amines) is 1. The standard InChI is InChI=1S/C25H27N5O4/c1-2-21(31)27-20-12-6-10-18(14-20)23-28-25(34-29-23)19-11-7-13-30(16-19)22(32)15-26-24(33)17-8-4-3-5-9-17/h3-6,8-10,12,14,19H,2,7,11,13,15-16H2,1H3,(H,26,33)(H,27,31). The second-order valence-electron chi connectivity index (χ2n) is 8.17. The second-order valence-corrected chi connectivity index (χ2v) is 8.17. The molecule has 1 atom stereocenters. The quantitative estimate of drug-likeness (QED) is 0.558. The van der Waals surface area contributed by atoms with Gasteiger partial charge in [0.05, 0.1) is 12.5 Å². The zero-order valence-electron chi connectivity index (χ0n) is 19.0. The van der Waals surface area contributed by atoms with Crippen molar-refractivity contribution < 1.29 is 18.9 Å². The van der Waals surface area contributed by atoms with Gasteiger partial charge in [-0.05, 0) is 37.1 Å². The summed E-state index contributed by atoms with van der Waals surface area (Å²) in [5, 5.41) is 9.61. The van der Waals surface area contributed by atoms with Crippen molar-refractivity contribution in [2.24, 2.45) is 0 Å². The minimum Gasteiger partial charge on any atom is -0.343 e. The van der Waals surface area contributed by atoms with E-state index in [1.807, 2.05) is 18.2 Å². The first-order valence-corrected chi connectivity index (χ1v) is 11.4. The van der Waals surface area contributed by atoms with Crippen molar-refractivity contribution in [1.82, 2.24) is 20.4 Å². The largest absolute Gasteiger partial charge is 0.343 e. The summed E-state index contributed by atoms with van der Waals surface area (Å²) in [5.74, 6) is 0.337. The van der Waals surface area contributed by atoms with E-state index in [1.54, 1.807) is 48.2 Å². The monoisotopic (exact) mass is 461 g/mol. The molecule has 1 aliphatic heterocycles. The number of piperidine rings is 1. The topological polar surface area (TPSA) is 117 Å². The summed E-state index contributed by atoms with van der Waals surface area (Å²) in [7, 11) is 0. The third-order valence-electron chi connectivity index (χ3n) is 5.73. The highest BCUT2D eigenvalue weighted by Crippen LogP contribution is 2.28. The fourth-order valence-electron chi connectivity index (χ4n) is 3.87. The molecule has 0 spiro atoms. The Kier molecular flexibility index (Phi) is 7.31. The van der Waals surface area contributed by atoms with E-state index in [4.69, 9.17) is 4.52 Å². The molecule has 9 nitrogen and oxygen atoms in total. The van der Waals surface area contributed by atoms with Gasteiger partial charge in [0.2, 0.25) is 23.5 Å². The van der Waals surface area contributed by atoms with Gasteiger partial charge >= 0.3 is 0 Å². The summed E-state index contributed by atoms with van der Waals surface area (Å²) < 4.78 is 5.53. The Morgan fingerprint density at radius 2 is 1.94 bits per heavy atom. The molecule has 1 fully saturated rings. The van der Waals surface area contributed by atoms with E-state index in [-0.39, 0.29) is 30.2 Å². The van der Waals surface area contributed by atoms with E-state index in [0.29, 0.717) is 42.5 Å². The summed E-state index contributed by atoms with van der Waals surface area (Å²) in [4.78, 5) is 42.9. The summed E-state index contributed by atoms with van der Waals surface area (Å²) in [6.45, 7) is 2.80. The molecule has 2 N–H and O–H groups in total. The fourth-order valence-corrected chi connectivity index (χ4v) is 3.87. The SMILES string of the molecule is CCC(=O)Nc1cccc(-c2noc(C3CCCN(C(=O)CNC(=O)c4ccccc4)C3)n2)c1. The van der Waals surface area contributed by atoms with Crippen LogP contribution in [0.3, 0.4) is 0 Å². The van der Waals surface area contributed by atoms with Crippen LogP contribution in [0.25, 0.3) is 11.4 Å². The average molecular weight is 462 g/mol. The molecule has 1 aliphatic rings. The smallest absolute Gasteiger partial charge is 0.251 e. The van der Waals surface area contributed by atoms with Gasteiger partial charge in [0.1, 0.15) is 0 Å². The molecule has 0 radical (unpaired) electrons. The van der Waals surface area contributed by atoms with E-state index in [0.717, 1.165) is 18.4 Å². The molecule has 34 heavy (non-hydrogen) atoms. The highest BCUT2D eigenvalue weighted by Gasteiger charge is 2.29. The van der Waals surface area contributed by atoms with Gasteiger partial charge in [-0.2, -0.15) is 4.98 Å². The zero-order valence-corrected chi connectivity index (χ0v) is 19.0. The number of nitrogens with zero attached hydrogens (tertiary/aromatic N) is 3. The molecule has 2 aromatic carbocycles. The first-order valence-electron chi connectivity index (χ1n) is 11.4. The van der Waals surface area contributed by atoms with E-state index in [9.17, 15) is 14.4 Å². The van der Waals surface area contributed by atoms with Crippen molar-refractivity contribution >= 4 is 23.4 Å². The summed E-state index contributed by atoms with van der Waals surface area (Å²) >= 11 is 0. The third-order valence-corrected chi connectivity index (χ3v) is 5.73. The highest BCUT2D eigenvalue weighted by atomic mass is 16.5. The molecule has 0 aliphatic carbocycles. The lowest BCUT2D eigenvalue weighted by Crippen LogP contribution is -2.44. The number of anilines is 1. The van der Waals surface area contributed by atoms with Crippen LogP contribution in [0.15, 0.2) is 59.1 Å². The van der Waals surface area contributed by atoms with E-state index >= 15 is 0 Å². The predicted octanol–water partition coefficient (Wildman–Crippen LogP) is 3.22. The van der Waals surface area contributed by atoms with Crippen LogP contribution in [0.1, 0.15) is 48.4 Å². The molecular formula is C25H27N5O4. The van der Waals surface area contributed by atoms with Crippen molar-refractivity contribution in [1.29, 1.82) is 0 Å². The molecule has 1 saturated heterocycles. The Morgan fingerprint density at radius 3 is 2.74 bits per heavy atom. The fraction of sp³-hybridized carbons (Fsp3) is 0.320. The molecule has 3 amide bonds. The maximum Gasteiger partial charge on any atom is 0.251 e. The number of carbonyl (C=O) groups excluding carboxylic acids is 3. The van der Waals surface area contributed by atoms with Crippen LogP contribution in [-0.2, 0) is 9.59 Å². The van der Waals surface area contributed by atoms with Crippen LogP contribution >= 0.6 is 0 Å². The number of hydrogen-bond acceptors (Lipinski definition) is 6. The van der Waals surface area contributed by atoms with Gasteiger partial charge in [-0.15, -0.1) is 0 Å². The maximum absolute atomic E-state index is 12.7. The number of amides is 3. The predicted molar refractivity (Wildman–Crippen MR) is 126 cm³/mol. The second kappa shape index (κ2) is 10.7. The Labute approximate surface area is 197 Å². The number of hydrogen-bond donors (Lipinski definition) is 2. The summed E-state index contributed by atoms with van der Waals surface area (Å²) in [5.41, 5.74) is 1.92. The van der Waals surface area contributed by atoms with E-state index in [2.05, 4.69) is 20.8 Å². The normalized spacial score (nSPS) is 15.6. The molecule has 0 saturated carbocycles. The minimum absolute atomic E-state index is 0.0637. The molecule has 3 aromatic rings. The molecular weight excluding hydrogens is 434 g/mol. The van der Waals surface area contributed by atoms with Crippen LogP contribution in [0, 0.1) is 0 Å². The molecule has 176 valence electrons. The zero-order chi connectivity index (χ0) is 23.9. The van der Waals surface area contributed by atoms with Crippen molar-refractivity contribution in [2.75, 3.05) is 25.0 Å². The van der Waals surface area contributed by atoms with Gasteiger partial charge in [-0.3, -0.25) is 14.4 Å². The van der Waals surface area contributed by atoms with Crippen LogP contribution in [-0.4, -0.2) is 52.4 Å². The molecule has 2 heterocycles. The molecule has 0 bridgehead atoms. The summed E-state index contributed by atoms with van der Waals surface area (Å²) in [6.07, 6.45) is 2.02. The van der Waals surface area contributed by atoms with E-state index < -0.39 is 0 Å². The number of rotatable bonds is 7. The lowest BCUT2D eigenvalue weighted by atomic mass is 9.98. The molecule has 1 unspecified atom stereocenters. The summed E-state index contributed by atoms with van der Waals surface area (Å²) in [6, 6.07) is 16.1. The maximum atomic E-state index is 12.7. The highest BCUT2D eigenvalue weighted by molar-refractivity contribution is 5.96. The van der Waals surface area contributed by atoms with Crippen LogP contribution in [0.4, 0.5) is 5.69 Å². The molecule has 4 rings (SSSR count). The first kappa shape index (κ1) is 23.2. The number of aromatic nitrogens is 2. The third kappa shape index (κ3) is 5.67. The molecule has 1 aromatic heterocycles. The Bertz CT molecular complexity index is 1160. The van der Waals surface area contributed by atoms with Crippen LogP contribution in [0.5, 0.6) is 0 Å². The first-order chi connectivity index (χ1) is 16.5. The Morgan fingerprint density at radius 1 is 1.12 bits per heavy atom. The van der Waals surface area contributed by atoms with Crippen molar-refractivity contribution in [3.05, 3.63) is 66.1 Å². The van der Waals surface area contributed by atoms with Gasteiger partial charge < -0.3 is 20.1 Å². The molecule has 9 heteroatoms. The van der Waals surface area contributed by atoms with Crippen LogP contribution < -0.4 is 10.6 Å². The van der Waals surface area contributed by atoms with Gasteiger partial charge in [-0.25, -0.2) is 0 Å². The van der Waals surface area contributed by atoms with E-state index in [1.165, 1.54) is 0 Å². The van der Waals surface area contributed by atoms with Crippen molar-refractivity contribution in [2.45, 2.75) is 32.1 Å². The van der Waals surface area contributed by atoms with Gasteiger partial charge in [0.25, 0.3) is 5.91 Å². The number of carbonyl (C=O) groups is 3. The van der Waals surface area contributed by atoms with Crippen molar-refractivity contribution in [3.8, 4) is 11.4 Å². The lowest BCUT2D eigenvalue weighted by molar-refractivity contribution is -0.131. The van der Waals surface area contributed by atoms with Gasteiger partial charge in [0.15, 0.2) is 0 Å². The average Bonchev–Trinajstić information content (AvgIpc) is 3.38. The minimum atomic E-state index is -0.276. The van der Waals surface area contributed by atoms with Gasteiger partial charge in [-0.1, -0.05) is 42.4 Å². The van der Waals surface area contributed by atoms with Crippen molar-refractivity contribution in [3.63, 3.8) is 0 Å². The Hall–Kier alpha value is -4.01. The Balaban J connectivity index is 1.36. The lowest BCUT2D eigenvalue weighted by Gasteiger charge is -2.31. The number of nitrogens with one attached hydrogen (secondary N) is 2. The van der Waals surface area contributed by atoms with Crippen LogP contribution in [0.2, 0.25) is 0 Å².